The lowest BCUT2D eigenvalue weighted by molar-refractivity contribution is 0.0687. The van der Waals surface area contributed by atoms with Crippen LogP contribution in [0.4, 0.5) is 8.78 Å². The molecule has 0 amide bonds. The van der Waals surface area contributed by atoms with E-state index in [-0.39, 0.29) is 5.39 Å². The van der Waals surface area contributed by atoms with Crippen molar-refractivity contribution in [2.45, 2.75) is 70.6 Å². The maximum absolute atomic E-state index is 14.5. The second kappa shape index (κ2) is 8.41. The number of aromatic carboxylic acids is 1. The summed E-state index contributed by atoms with van der Waals surface area (Å²) in [5.74, 6) is -0.609. The number of halogens is 2. The number of carboxylic acids is 1. The smallest absolute Gasteiger partial charge is 0.341 e. The van der Waals surface area contributed by atoms with Crippen molar-refractivity contribution in [1.29, 1.82) is 0 Å². The van der Waals surface area contributed by atoms with E-state index in [4.69, 9.17) is 5.11 Å². The zero-order chi connectivity index (χ0) is 20.5. The van der Waals surface area contributed by atoms with E-state index in [1.165, 1.54) is 44.9 Å². The van der Waals surface area contributed by atoms with Gasteiger partial charge in [0.1, 0.15) is 17.2 Å². The molecule has 2 aromatic rings. The van der Waals surface area contributed by atoms with Gasteiger partial charge in [0.25, 0.3) is 0 Å². The molecule has 4 atom stereocenters. The van der Waals surface area contributed by atoms with Gasteiger partial charge in [-0.1, -0.05) is 50.8 Å². The summed E-state index contributed by atoms with van der Waals surface area (Å²) in [5, 5.41) is 9.69. The average Bonchev–Trinajstić information content (AvgIpc) is 2.71. The summed E-state index contributed by atoms with van der Waals surface area (Å²) in [6.07, 6.45) is 11.6. The van der Waals surface area contributed by atoms with Crippen molar-refractivity contribution >= 4 is 16.7 Å². The van der Waals surface area contributed by atoms with Crippen molar-refractivity contribution in [2.24, 2.45) is 17.8 Å². The first-order chi connectivity index (χ1) is 14.0. The molecule has 2 aliphatic carbocycles. The van der Waals surface area contributed by atoms with Gasteiger partial charge >= 0.3 is 5.97 Å². The second-order valence-corrected chi connectivity index (χ2v) is 9.18. The van der Waals surface area contributed by atoms with Crippen LogP contribution < -0.4 is 0 Å². The van der Waals surface area contributed by atoms with Crippen LogP contribution in [0.2, 0.25) is 0 Å². The lowest BCUT2D eigenvalue weighted by Crippen LogP contribution is -2.30. The van der Waals surface area contributed by atoms with Crippen molar-refractivity contribution in [1.82, 2.24) is 0 Å². The molecule has 0 aliphatic heterocycles. The number of unbranched alkanes of at least 4 members (excludes halogenated alkanes) is 1. The molecule has 4 unspecified atom stereocenters. The maximum Gasteiger partial charge on any atom is 0.341 e. The zero-order valence-corrected chi connectivity index (χ0v) is 17.1. The molecule has 0 radical (unpaired) electrons. The van der Waals surface area contributed by atoms with E-state index in [9.17, 15) is 13.6 Å². The molecule has 4 heteroatoms. The highest BCUT2D eigenvalue weighted by Crippen LogP contribution is 2.48. The van der Waals surface area contributed by atoms with Crippen LogP contribution in [0.25, 0.3) is 10.8 Å². The van der Waals surface area contributed by atoms with Crippen molar-refractivity contribution in [2.75, 3.05) is 0 Å². The predicted molar refractivity (Wildman–Crippen MR) is 111 cm³/mol. The molecule has 0 bridgehead atoms. The molecule has 2 fully saturated rings. The second-order valence-electron chi connectivity index (χ2n) is 9.18. The molecular weight excluding hydrogens is 370 g/mol. The number of hydrogen-bond donors (Lipinski definition) is 1. The summed E-state index contributed by atoms with van der Waals surface area (Å²) >= 11 is 0. The Morgan fingerprint density at radius 3 is 2.59 bits per heavy atom. The molecule has 2 saturated carbocycles. The van der Waals surface area contributed by atoms with E-state index in [1.54, 1.807) is 6.07 Å². The molecule has 29 heavy (non-hydrogen) atoms. The van der Waals surface area contributed by atoms with E-state index < -0.39 is 23.2 Å². The molecule has 4 rings (SSSR count). The van der Waals surface area contributed by atoms with Crippen LogP contribution in [0.3, 0.4) is 0 Å². The monoisotopic (exact) mass is 400 g/mol. The van der Waals surface area contributed by atoms with E-state index >= 15 is 0 Å². The van der Waals surface area contributed by atoms with E-state index in [0.29, 0.717) is 11.3 Å². The van der Waals surface area contributed by atoms with Gasteiger partial charge in [0.15, 0.2) is 0 Å². The Balaban J connectivity index is 1.51. The predicted octanol–water partition coefficient (Wildman–Crippen LogP) is 7.31. The van der Waals surface area contributed by atoms with Crippen molar-refractivity contribution < 1.29 is 18.7 Å². The van der Waals surface area contributed by atoms with Gasteiger partial charge in [-0.3, -0.25) is 0 Å². The van der Waals surface area contributed by atoms with E-state index in [2.05, 4.69) is 6.92 Å². The number of carboxylic acid groups (broad SMARTS) is 1. The van der Waals surface area contributed by atoms with Gasteiger partial charge in [-0.05, 0) is 72.8 Å². The van der Waals surface area contributed by atoms with Gasteiger partial charge in [0, 0.05) is 5.39 Å². The largest absolute Gasteiger partial charge is 0.477 e. The first kappa shape index (κ1) is 20.3. The van der Waals surface area contributed by atoms with Gasteiger partial charge in [-0.2, -0.15) is 0 Å². The molecule has 1 N–H and O–H groups in total. The van der Waals surface area contributed by atoms with Crippen LogP contribution in [-0.4, -0.2) is 11.1 Å². The minimum Gasteiger partial charge on any atom is -0.477 e. The number of rotatable bonds is 5. The summed E-state index contributed by atoms with van der Waals surface area (Å²) in [4.78, 5) is 11.1. The molecule has 0 aromatic heterocycles. The zero-order valence-electron chi connectivity index (χ0n) is 17.1. The number of benzene rings is 2. The Morgan fingerprint density at radius 1 is 1.07 bits per heavy atom. The number of hydrogen-bond acceptors (Lipinski definition) is 1. The topological polar surface area (TPSA) is 37.3 Å². The Bertz CT molecular complexity index is 907. The number of carbonyl (C=O) groups is 1. The first-order valence-corrected chi connectivity index (χ1v) is 11.1. The van der Waals surface area contributed by atoms with Crippen LogP contribution >= 0.6 is 0 Å². The summed E-state index contributed by atoms with van der Waals surface area (Å²) in [7, 11) is 0. The van der Waals surface area contributed by atoms with Crippen LogP contribution in [-0.2, 0) is 0 Å². The average molecular weight is 401 g/mol. The highest BCUT2D eigenvalue weighted by Gasteiger charge is 2.35. The highest BCUT2D eigenvalue weighted by atomic mass is 19.1. The molecule has 156 valence electrons. The third-order valence-electron chi connectivity index (χ3n) is 7.43. The summed E-state index contributed by atoms with van der Waals surface area (Å²) < 4.78 is 28.6. The van der Waals surface area contributed by atoms with Crippen molar-refractivity contribution in [3.05, 3.63) is 47.0 Å². The summed E-state index contributed by atoms with van der Waals surface area (Å²) in [5.41, 5.74) is 0.261. The maximum atomic E-state index is 14.5. The number of fused-ring (bicyclic) bond motifs is 2. The third kappa shape index (κ3) is 4.04. The molecule has 0 heterocycles. The lowest BCUT2D eigenvalue weighted by atomic mass is 9.63. The Kier molecular flexibility index (Phi) is 5.89. The Morgan fingerprint density at radius 2 is 1.83 bits per heavy atom. The minimum atomic E-state index is -1.57. The fourth-order valence-corrected chi connectivity index (χ4v) is 5.84. The quantitative estimate of drug-likeness (QED) is 0.571. The third-order valence-corrected chi connectivity index (χ3v) is 7.43. The fraction of sp³-hybridized carbons (Fsp3) is 0.560. The summed E-state index contributed by atoms with van der Waals surface area (Å²) in [6.45, 7) is 2.26. The van der Waals surface area contributed by atoms with Gasteiger partial charge < -0.3 is 5.11 Å². The fourth-order valence-electron chi connectivity index (χ4n) is 5.84. The van der Waals surface area contributed by atoms with Crippen LogP contribution in [0, 0.1) is 29.4 Å². The molecule has 0 spiro atoms. The minimum absolute atomic E-state index is 0.178. The normalized spacial score (nSPS) is 27.0. The first-order valence-electron chi connectivity index (χ1n) is 11.1. The SMILES string of the molecule is CCCCC1CCC2CC(c3ccc4c(F)c(C(=O)O)c(F)cc4c3)CCC2C1. The van der Waals surface area contributed by atoms with Crippen molar-refractivity contribution in [3.8, 4) is 0 Å². The van der Waals surface area contributed by atoms with Gasteiger partial charge in [0.2, 0.25) is 0 Å². The van der Waals surface area contributed by atoms with Crippen molar-refractivity contribution in [3.63, 3.8) is 0 Å². The molecule has 2 aromatic carbocycles. The highest BCUT2D eigenvalue weighted by molar-refractivity contribution is 5.95. The van der Waals surface area contributed by atoms with Crippen LogP contribution in [0.15, 0.2) is 24.3 Å². The summed E-state index contributed by atoms with van der Waals surface area (Å²) in [6, 6.07) is 6.56. The molecule has 0 saturated heterocycles. The molecule has 2 aliphatic rings. The van der Waals surface area contributed by atoms with Gasteiger partial charge in [0.05, 0.1) is 0 Å². The van der Waals surface area contributed by atoms with Crippen LogP contribution in [0.1, 0.15) is 86.6 Å². The van der Waals surface area contributed by atoms with Gasteiger partial charge in [-0.25, -0.2) is 13.6 Å². The Hall–Kier alpha value is -1.97. The standard InChI is InChI=1S/C25H30F2O2/c1-2-3-4-15-5-6-17-12-18(8-7-16(17)11-15)19-9-10-21-20(13-19)14-22(26)23(24(21)27)25(28)29/h9-10,13-18H,2-8,11-12H2,1H3,(H,28,29). The molecular formula is C25H30F2O2. The Labute approximate surface area is 171 Å². The molecule has 2 nitrogen and oxygen atoms in total. The van der Waals surface area contributed by atoms with Crippen LogP contribution in [0.5, 0.6) is 0 Å². The van der Waals surface area contributed by atoms with E-state index in [1.807, 2.05) is 12.1 Å². The van der Waals surface area contributed by atoms with E-state index in [0.717, 1.165) is 42.2 Å². The lowest BCUT2D eigenvalue weighted by Gasteiger charge is -2.42. The van der Waals surface area contributed by atoms with Gasteiger partial charge in [-0.15, -0.1) is 0 Å².